The van der Waals surface area contributed by atoms with Gasteiger partial charge in [0.25, 0.3) is 0 Å². The second-order valence-electron chi connectivity index (χ2n) is 5.18. The van der Waals surface area contributed by atoms with Crippen molar-refractivity contribution in [3.63, 3.8) is 0 Å². The highest BCUT2D eigenvalue weighted by molar-refractivity contribution is 5.28. The van der Waals surface area contributed by atoms with Gasteiger partial charge in [0.2, 0.25) is 0 Å². The fraction of sp³-hybridized carbons (Fsp3) is 0.400. The molecule has 1 saturated carbocycles. The Hall–Kier alpha value is -1.61. The molecule has 18 heavy (non-hydrogen) atoms. The molecule has 3 rings (SSSR count). The van der Waals surface area contributed by atoms with Crippen LogP contribution in [0.3, 0.4) is 0 Å². The molecule has 0 unspecified atom stereocenters. The van der Waals surface area contributed by atoms with Gasteiger partial charge in [0, 0.05) is 23.7 Å². The monoisotopic (exact) mass is 241 g/mol. The molecule has 0 bridgehead atoms. The molecule has 0 radical (unpaired) electrons. The molecule has 1 aromatic carbocycles. The van der Waals surface area contributed by atoms with Crippen LogP contribution in [0.5, 0.6) is 0 Å². The Morgan fingerprint density at radius 2 is 2.22 bits per heavy atom. The highest BCUT2D eigenvalue weighted by atomic mass is 15.3. The first kappa shape index (κ1) is 11.5. The Balaban J connectivity index is 1.90. The molecule has 0 aliphatic heterocycles. The average molecular weight is 241 g/mol. The third-order valence-corrected chi connectivity index (χ3v) is 3.56. The van der Waals surface area contributed by atoms with Crippen molar-refractivity contribution in [2.75, 3.05) is 0 Å². The minimum absolute atomic E-state index is 0.597. The summed E-state index contributed by atoms with van der Waals surface area (Å²) in [6.45, 7) is 3.58. The molecule has 1 heterocycles. The van der Waals surface area contributed by atoms with Gasteiger partial charge in [-0.25, -0.2) is 0 Å². The molecule has 3 heteroatoms. The molecule has 0 atom stereocenters. The van der Waals surface area contributed by atoms with E-state index in [2.05, 4.69) is 41.0 Å². The zero-order valence-electron chi connectivity index (χ0n) is 10.8. The molecule has 0 amide bonds. The number of hydrogen-bond acceptors (Lipinski definition) is 2. The summed E-state index contributed by atoms with van der Waals surface area (Å²) in [6.07, 6.45) is 4.50. The lowest BCUT2D eigenvalue weighted by Crippen LogP contribution is -2.08. The van der Waals surface area contributed by atoms with Gasteiger partial charge < -0.3 is 5.73 Å². The molecule has 0 saturated heterocycles. The zero-order valence-corrected chi connectivity index (χ0v) is 10.8. The van der Waals surface area contributed by atoms with Crippen molar-refractivity contribution in [2.24, 2.45) is 5.73 Å². The van der Waals surface area contributed by atoms with Crippen LogP contribution >= 0.6 is 0 Å². The maximum Gasteiger partial charge on any atom is 0.0662 e. The Morgan fingerprint density at radius 1 is 1.39 bits per heavy atom. The number of nitrogens with zero attached hydrogens (tertiary/aromatic N) is 2. The van der Waals surface area contributed by atoms with Gasteiger partial charge in [0.05, 0.1) is 12.7 Å². The fourth-order valence-electron chi connectivity index (χ4n) is 2.53. The number of aryl methyl sites for hydroxylation is 1. The maximum atomic E-state index is 5.79. The maximum absolute atomic E-state index is 5.79. The first-order valence-corrected chi connectivity index (χ1v) is 6.58. The van der Waals surface area contributed by atoms with E-state index in [4.69, 9.17) is 5.73 Å². The fourth-order valence-corrected chi connectivity index (χ4v) is 2.53. The van der Waals surface area contributed by atoms with Crippen molar-refractivity contribution in [2.45, 2.75) is 38.8 Å². The Morgan fingerprint density at radius 3 is 2.89 bits per heavy atom. The summed E-state index contributed by atoms with van der Waals surface area (Å²) in [7, 11) is 0. The van der Waals surface area contributed by atoms with Crippen molar-refractivity contribution in [1.82, 2.24) is 9.78 Å². The summed E-state index contributed by atoms with van der Waals surface area (Å²) < 4.78 is 2.13. The first-order chi connectivity index (χ1) is 8.78. The van der Waals surface area contributed by atoms with Crippen molar-refractivity contribution in [3.05, 3.63) is 52.8 Å². The minimum atomic E-state index is 0.597. The standard InChI is InChI=1S/C15H19N3/c1-11-3-2-4-12(7-11)10-18-15(13-5-6-13)14(8-16)9-17-18/h2-4,7,9,13H,5-6,8,10,16H2,1H3. The molecule has 1 aliphatic carbocycles. The lowest BCUT2D eigenvalue weighted by atomic mass is 10.1. The lowest BCUT2D eigenvalue weighted by molar-refractivity contribution is 0.643. The van der Waals surface area contributed by atoms with E-state index in [0.717, 1.165) is 6.54 Å². The van der Waals surface area contributed by atoms with Gasteiger partial charge in [-0.2, -0.15) is 5.10 Å². The third kappa shape index (κ3) is 2.18. The summed E-state index contributed by atoms with van der Waals surface area (Å²) >= 11 is 0. The van der Waals surface area contributed by atoms with Gasteiger partial charge in [-0.05, 0) is 25.3 Å². The van der Waals surface area contributed by atoms with Crippen LogP contribution in [0.25, 0.3) is 0 Å². The highest BCUT2D eigenvalue weighted by Crippen LogP contribution is 2.41. The van der Waals surface area contributed by atoms with Gasteiger partial charge >= 0.3 is 0 Å². The van der Waals surface area contributed by atoms with Gasteiger partial charge in [0.1, 0.15) is 0 Å². The van der Waals surface area contributed by atoms with Crippen LogP contribution in [0.4, 0.5) is 0 Å². The van der Waals surface area contributed by atoms with Crippen LogP contribution in [0.2, 0.25) is 0 Å². The second kappa shape index (κ2) is 4.58. The molecule has 1 aromatic heterocycles. The molecule has 1 fully saturated rings. The highest BCUT2D eigenvalue weighted by Gasteiger charge is 2.29. The largest absolute Gasteiger partial charge is 0.326 e. The van der Waals surface area contributed by atoms with E-state index >= 15 is 0 Å². The van der Waals surface area contributed by atoms with Crippen molar-refractivity contribution >= 4 is 0 Å². The molecule has 1 aliphatic rings. The number of benzene rings is 1. The molecule has 0 spiro atoms. The average Bonchev–Trinajstić information content (AvgIpc) is 3.11. The van der Waals surface area contributed by atoms with Gasteiger partial charge in [-0.3, -0.25) is 4.68 Å². The van der Waals surface area contributed by atoms with Crippen LogP contribution < -0.4 is 5.73 Å². The van der Waals surface area contributed by atoms with Crippen LogP contribution in [-0.4, -0.2) is 9.78 Å². The van der Waals surface area contributed by atoms with E-state index < -0.39 is 0 Å². The van der Waals surface area contributed by atoms with E-state index in [9.17, 15) is 0 Å². The van der Waals surface area contributed by atoms with Crippen molar-refractivity contribution < 1.29 is 0 Å². The van der Waals surface area contributed by atoms with E-state index in [1.807, 2.05) is 6.20 Å². The molecular weight excluding hydrogens is 222 g/mol. The number of nitrogens with two attached hydrogens (primary N) is 1. The smallest absolute Gasteiger partial charge is 0.0662 e. The summed E-state index contributed by atoms with van der Waals surface area (Å²) in [4.78, 5) is 0. The predicted octanol–water partition coefficient (Wildman–Crippen LogP) is 2.58. The topological polar surface area (TPSA) is 43.8 Å². The van der Waals surface area contributed by atoms with Crippen LogP contribution in [0.1, 0.15) is 41.1 Å². The van der Waals surface area contributed by atoms with Crippen molar-refractivity contribution in [3.8, 4) is 0 Å². The van der Waals surface area contributed by atoms with Crippen molar-refractivity contribution in [1.29, 1.82) is 0 Å². The zero-order chi connectivity index (χ0) is 12.5. The summed E-state index contributed by atoms with van der Waals surface area (Å²) in [6, 6.07) is 8.61. The number of hydrogen-bond donors (Lipinski definition) is 1. The van der Waals surface area contributed by atoms with E-state index in [1.165, 1.54) is 35.2 Å². The summed E-state index contributed by atoms with van der Waals surface area (Å²) in [5.41, 5.74) is 11.0. The summed E-state index contributed by atoms with van der Waals surface area (Å²) in [5.74, 6) is 0.691. The van der Waals surface area contributed by atoms with Crippen LogP contribution in [0, 0.1) is 6.92 Å². The quantitative estimate of drug-likeness (QED) is 0.894. The van der Waals surface area contributed by atoms with Gasteiger partial charge in [0.15, 0.2) is 0 Å². The van der Waals surface area contributed by atoms with E-state index in [-0.39, 0.29) is 0 Å². The van der Waals surface area contributed by atoms with E-state index in [0.29, 0.717) is 12.5 Å². The lowest BCUT2D eigenvalue weighted by Gasteiger charge is -2.09. The number of aromatic nitrogens is 2. The molecular formula is C15H19N3. The molecule has 2 aromatic rings. The predicted molar refractivity (Wildman–Crippen MR) is 72.4 cm³/mol. The minimum Gasteiger partial charge on any atom is -0.326 e. The first-order valence-electron chi connectivity index (χ1n) is 6.58. The Kier molecular flexibility index (Phi) is 2.92. The molecule has 94 valence electrons. The Labute approximate surface area is 108 Å². The molecule has 3 nitrogen and oxygen atoms in total. The SMILES string of the molecule is Cc1cccc(Cn2ncc(CN)c2C2CC2)c1. The Bertz CT molecular complexity index is 553. The third-order valence-electron chi connectivity index (χ3n) is 3.56. The summed E-state index contributed by atoms with van der Waals surface area (Å²) in [5, 5.41) is 4.51. The normalized spacial score (nSPS) is 15.0. The van der Waals surface area contributed by atoms with Gasteiger partial charge in [-0.15, -0.1) is 0 Å². The molecule has 2 N–H and O–H groups in total. The second-order valence-corrected chi connectivity index (χ2v) is 5.18. The number of rotatable bonds is 4. The van der Waals surface area contributed by atoms with Gasteiger partial charge in [-0.1, -0.05) is 29.8 Å². The van der Waals surface area contributed by atoms with E-state index in [1.54, 1.807) is 0 Å². The van der Waals surface area contributed by atoms with Crippen LogP contribution in [-0.2, 0) is 13.1 Å². The van der Waals surface area contributed by atoms with Crippen LogP contribution in [0.15, 0.2) is 30.5 Å².